The van der Waals surface area contributed by atoms with Gasteiger partial charge in [-0.3, -0.25) is 4.79 Å². The first-order chi connectivity index (χ1) is 5.84. The van der Waals surface area contributed by atoms with Crippen LogP contribution in [0.1, 0.15) is 17.3 Å². The molecule has 0 aromatic carbocycles. The lowest BCUT2D eigenvalue weighted by molar-refractivity contribution is 0.104. The summed E-state index contributed by atoms with van der Waals surface area (Å²) in [6.45, 7) is 2.42. The molecular weight excluding hydrogens is 156 g/mol. The first-order valence-electron chi connectivity index (χ1n) is 3.69. The van der Waals surface area contributed by atoms with E-state index in [0.717, 1.165) is 0 Å². The number of carbonyl (C=O) groups is 1. The van der Waals surface area contributed by atoms with Gasteiger partial charge in [-0.05, 0) is 13.0 Å². The fourth-order valence-electron chi connectivity index (χ4n) is 0.707. The minimum Gasteiger partial charge on any atom is -0.501 e. The lowest BCUT2D eigenvalue weighted by Crippen LogP contribution is -1.91. The van der Waals surface area contributed by atoms with Crippen LogP contribution in [-0.4, -0.2) is 12.4 Å². The van der Waals surface area contributed by atoms with E-state index in [-0.39, 0.29) is 5.78 Å². The molecule has 0 spiro atoms. The van der Waals surface area contributed by atoms with Crippen molar-refractivity contribution in [1.29, 1.82) is 0 Å². The zero-order chi connectivity index (χ0) is 8.81. The van der Waals surface area contributed by atoms with Crippen molar-refractivity contribution in [3.8, 4) is 0 Å². The minimum absolute atomic E-state index is 0.114. The topological polar surface area (TPSA) is 39.4 Å². The fraction of sp³-hybridized carbons (Fsp3) is 0.222. The van der Waals surface area contributed by atoms with Gasteiger partial charge in [0.2, 0.25) is 0 Å². The van der Waals surface area contributed by atoms with Crippen molar-refractivity contribution in [2.45, 2.75) is 6.92 Å². The third kappa shape index (κ3) is 2.27. The molecule has 0 aliphatic heterocycles. The smallest absolute Gasteiger partial charge is 0.192 e. The summed E-state index contributed by atoms with van der Waals surface area (Å²) in [4.78, 5) is 11.2. The van der Waals surface area contributed by atoms with E-state index in [2.05, 4.69) is 0 Å². The second-order valence-corrected chi connectivity index (χ2v) is 2.13. The summed E-state index contributed by atoms with van der Waals surface area (Å²) < 4.78 is 9.62. The number of carbonyl (C=O) groups excluding carboxylic acids is 1. The molecule has 1 aromatic rings. The van der Waals surface area contributed by atoms with Gasteiger partial charge in [-0.25, -0.2) is 0 Å². The van der Waals surface area contributed by atoms with E-state index >= 15 is 0 Å². The first-order valence-corrected chi connectivity index (χ1v) is 3.69. The molecule has 3 heteroatoms. The Hall–Kier alpha value is -1.51. The molecule has 0 radical (unpaired) electrons. The van der Waals surface area contributed by atoms with E-state index in [9.17, 15) is 4.79 Å². The average molecular weight is 166 g/mol. The van der Waals surface area contributed by atoms with Gasteiger partial charge in [-0.15, -0.1) is 0 Å². The van der Waals surface area contributed by atoms with Crippen LogP contribution in [-0.2, 0) is 4.74 Å². The Morgan fingerprint density at radius 3 is 3.17 bits per heavy atom. The summed E-state index contributed by atoms with van der Waals surface area (Å²) in [6.07, 6.45) is 5.62. The molecule has 3 nitrogen and oxygen atoms in total. The number of ketones is 1. The predicted molar refractivity (Wildman–Crippen MR) is 43.8 cm³/mol. The molecule has 1 aromatic heterocycles. The molecule has 0 N–H and O–H groups in total. The molecule has 0 bridgehead atoms. The number of hydrogen-bond donors (Lipinski definition) is 0. The van der Waals surface area contributed by atoms with Crippen molar-refractivity contribution >= 4 is 5.78 Å². The molecule has 1 rings (SSSR count). The summed E-state index contributed by atoms with van der Waals surface area (Å²) in [6, 6.07) is 1.61. The number of ether oxygens (including phenoxy) is 1. The number of allylic oxidation sites excluding steroid dienone is 1. The molecule has 0 atom stereocenters. The predicted octanol–water partition coefficient (Wildman–Crippen LogP) is 2.01. The van der Waals surface area contributed by atoms with Crippen LogP contribution < -0.4 is 0 Å². The van der Waals surface area contributed by atoms with Crippen LogP contribution in [0, 0.1) is 0 Å². The maximum absolute atomic E-state index is 11.2. The largest absolute Gasteiger partial charge is 0.501 e. The number of hydrogen-bond acceptors (Lipinski definition) is 3. The van der Waals surface area contributed by atoms with Crippen LogP contribution in [0.15, 0.2) is 35.3 Å². The highest BCUT2D eigenvalue weighted by Gasteiger charge is 2.01. The third-order valence-corrected chi connectivity index (χ3v) is 1.29. The van der Waals surface area contributed by atoms with Crippen molar-refractivity contribution in [2.75, 3.05) is 6.61 Å². The van der Waals surface area contributed by atoms with Gasteiger partial charge in [-0.2, -0.15) is 0 Å². The Labute approximate surface area is 70.6 Å². The van der Waals surface area contributed by atoms with Gasteiger partial charge in [0.25, 0.3) is 0 Å². The van der Waals surface area contributed by atoms with Crippen LogP contribution in [0.5, 0.6) is 0 Å². The van der Waals surface area contributed by atoms with E-state index in [0.29, 0.717) is 12.2 Å². The highest BCUT2D eigenvalue weighted by atomic mass is 16.5. The van der Waals surface area contributed by atoms with Gasteiger partial charge in [0.05, 0.1) is 24.7 Å². The maximum atomic E-state index is 11.2. The summed E-state index contributed by atoms with van der Waals surface area (Å²) in [5.74, 6) is -0.114. The maximum Gasteiger partial charge on any atom is 0.192 e. The number of rotatable bonds is 4. The van der Waals surface area contributed by atoms with Crippen molar-refractivity contribution < 1.29 is 13.9 Å². The standard InChI is InChI=1S/C9H10O3/c1-2-11-6-4-9(10)8-3-5-12-7-8/h3-7H,2H2,1H3/b6-4+. The Bertz CT molecular complexity index is 259. The van der Waals surface area contributed by atoms with Gasteiger partial charge in [0, 0.05) is 6.08 Å². The molecule has 0 unspecified atom stereocenters. The number of furan rings is 1. The minimum atomic E-state index is -0.114. The lowest BCUT2D eigenvalue weighted by Gasteiger charge is -1.90. The summed E-state index contributed by atoms with van der Waals surface area (Å²) in [7, 11) is 0. The fourth-order valence-corrected chi connectivity index (χ4v) is 0.707. The van der Waals surface area contributed by atoms with Gasteiger partial charge < -0.3 is 9.15 Å². The molecule has 0 saturated heterocycles. The van der Waals surface area contributed by atoms with Crippen LogP contribution in [0.3, 0.4) is 0 Å². The monoisotopic (exact) mass is 166 g/mol. The highest BCUT2D eigenvalue weighted by Crippen LogP contribution is 2.01. The van der Waals surface area contributed by atoms with Crippen molar-refractivity contribution in [2.24, 2.45) is 0 Å². The Kier molecular flexibility index (Phi) is 3.14. The Morgan fingerprint density at radius 1 is 1.75 bits per heavy atom. The third-order valence-electron chi connectivity index (χ3n) is 1.29. The van der Waals surface area contributed by atoms with Crippen LogP contribution >= 0.6 is 0 Å². The van der Waals surface area contributed by atoms with Gasteiger partial charge in [0.1, 0.15) is 6.26 Å². The Morgan fingerprint density at radius 2 is 2.58 bits per heavy atom. The first kappa shape index (κ1) is 8.59. The Balaban J connectivity index is 2.50. The quantitative estimate of drug-likeness (QED) is 0.390. The lowest BCUT2D eigenvalue weighted by atomic mass is 10.2. The van der Waals surface area contributed by atoms with E-state index in [1.165, 1.54) is 24.9 Å². The second-order valence-electron chi connectivity index (χ2n) is 2.13. The highest BCUT2D eigenvalue weighted by molar-refractivity contribution is 6.04. The van der Waals surface area contributed by atoms with Crippen molar-refractivity contribution in [3.05, 3.63) is 36.5 Å². The molecule has 0 fully saturated rings. The zero-order valence-electron chi connectivity index (χ0n) is 6.82. The molecule has 0 saturated carbocycles. The normalized spacial score (nSPS) is 10.4. The van der Waals surface area contributed by atoms with Crippen LogP contribution in [0.4, 0.5) is 0 Å². The molecule has 0 amide bonds. The zero-order valence-corrected chi connectivity index (χ0v) is 6.82. The van der Waals surface area contributed by atoms with Gasteiger partial charge in [-0.1, -0.05) is 0 Å². The molecule has 1 heterocycles. The van der Waals surface area contributed by atoms with E-state index in [4.69, 9.17) is 9.15 Å². The summed E-state index contributed by atoms with van der Waals surface area (Å²) >= 11 is 0. The SMILES string of the molecule is CCO/C=C/C(=O)c1ccoc1. The van der Waals surface area contributed by atoms with E-state index in [1.54, 1.807) is 6.07 Å². The second kappa shape index (κ2) is 4.38. The van der Waals surface area contributed by atoms with E-state index in [1.807, 2.05) is 6.92 Å². The van der Waals surface area contributed by atoms with Gasteiger partial charge in [0.15, 0.2) is 5.78 Å². The molecule has 12 heavy (non-hydrogen) atoms. The molecular formula is C9H10O3. The van der Waals surface area contributed by atoms with Crippen LogP contribution in [0.25, 0.3) is 0 Å². The molecule has 64 valence electrons. The molecule has 0 aliphatic carbocycles. The van der Waals surface area contributed by atoms with Crippen molar-refractivity contribution in [1.82, 2.24) is 0 Å². The summed E-state index contributed by atoms with van der Waals surface area (Å²) in [5.41, 5.74) is 0.533. The molecule has 0 aliphatic rings. The van der Waals surface area contributed by atoms with E-state index < -0.39 is 0 Å². The average Bonchev–Trinajstić information content (AvgIpc) is 2.56. The van der Waals surface area contributed by atoms with Crippen molar-refractivity contribution in [3.63, 3.8) is 0 Å². The summed E-state index contributed by atoms with van der Waals surface area (Å²) in [5, 5.41) is 0. The van der Waals surface area contributed by atoms with Crippen LogP contribution in [0.2, 0.25) is 0 Å². The van der Waals surface area contributed by atoms with Gasteiger partial charge >= 0.3 is 0 Å².